The molecular weight excluding hydrogens is 401 g/mol. The highest BCUT2D eigenvalue weighted by molar-refractivity contribution is 7.89. The number of rotatable bonds is 9. The first-order chi connectivity index (χ1) is 12.6. The molecule has 0 saturated heterocycles. The van der Waals surface area contributed by atoms with Crippen LogP contribution < -0.4 is 4.72 Å². The van der Waals surface area contributed by atoms with Crippen LogP contribution in [-0.4, -0.2) is 60.5 Å². The topological polar surface area (TPSA) is 134 Å². The van der Waals surface area contributed by atoms with Crippen molar-refractivity contribution in [1.82, 2.24) is 4.72 Å². The predicted molar refractivity (Wildman–Crippen MR) is 94.7 cm³/mol. The van der Waals surface area contributed by atoms with Crippen LogP contribution in [0.25, 0.3) is 0 Å². The van der Waals surface area contributed by atoms with Gasteiger partial charge in [-0.05, 0) is 19.1 Å². The lowest BCUT2D eigenvalue weighted by Crippen LogP contribution is -2.52. The molecule has 2 atom stereocenters. The molecule has 0 amide bonds. The molecule has 0 fully saturated rings. The second kappa shape index (κ2) is 9.43. The Kier molecular flexibility index (Phi) is 8.12. The van der Waals surface area contributed by atoms with Crippen LogP contribution in [0.4, 0.5) is 0 Å². The minimum Gasteiger partial charge on any atom is -0.468 e. The van der Waals surface area contributed by atoms with E-state index in [0.717, 1.165) is 34.0 Å². The van der Waals surface area contributed by atoms with E-state index in [1.165, 1.54) is 12.1 Å². The summed E-state index contributed by atoms with van der Waals surface area (Å²) in [5.74, 6) is -2.35. The molecule has 152 valence electrons. The Hall–Kier alpha value is -1.78. The van der Waals surface area contributed by atoms with Crippen molar-refractivity contribution in [2.45, 2.75) is 23.5 Å². The molecule has 0 aliphatic rings. The number of hydrogen-bond acceptors (Lipinski definition) is 9. The SMILES string of the molecule is COC(=O)C(NS(=O)(=O)c1ccc(C)cc1)C(C(=O)OC)P(=O)(OC)OC. The summed E-state index contributed by atoms with van der Waals surface area (Å²) >= 11 is 0. The summed E-state index contributed by atoms with van der Waals surface area (Å²) in [4.78, 5) is 24.3. The molecule has 12 heteroatoms. The van der Waals surface area contributed by atoms with Crippen molar-refractivity contribution in [3.05, 3.63) is 29.8 Å². The zero-order chi connectivity index (χ0) is 20.8. The number of hydrogen-bond donors (Lipinski definition) is 1. The second-order valence-corrected chi connectivity index (χ2v) is 9.39. The monoisotopic (exact) mass is 423 g/mol. The van der Waals surface area contributed by atoms with Crippen LogP contribution in [0, 0.1) is 6.92 Å². The predicted octanol–water partition coefficient (Wildman–Crippen LogP) is 0.842. The molecular formula is C15H22NO9PS. The zero-order valence-electron chi connectivity index (χ0n) is 15.5. The average molecular weight is 423 g/mol. The van der Waals surface area contributed by atoms with Crippen LogP contribution >= 0.6 is 7.60 Å². The normalized spacial score (nSPS) is 14.3. The van der Waals surface area contributed by atoms with Gasteiger partial charge in [-0.15, -0.1) is 0 Å². The van der Waals surface area contributed by atoms with E-state index in [9.17, 15) is 22.6 Å². The van der Waals surface area contributed by atoms with Gasteiger partial charge in [-0.25, -0.2) is 8.42 Å². The zero-order valence-corrected chi connectivity index (χ0v) is 17.2. The lowest BCUT2D eigenvalue weighted by molar-refractivity contribution is -0.149. The van der Waals surface area contributed by atoms with E-state index < -0.39 is 41.3 Å². The van der Waals surface area contributed by atoms with Gasteiger partial charge >= 0.3 is 19.5 Å². The first kappa shape index (κ1) is 23.3. The molecule has 1 aromatic carbocycles. The first-order valence-electron chi connectivity index (χ1n) is 7.52. The van der Waals surface area contributed by atoms with Gasteiger partial charge in [0, 0.05) is 14.2 Å². The fourth-order valence-corrected chi connectivity index (χ4v) is 5.02. The van der Waals surface area contributed by atoms with Crippen LogP contribution in [0.5, 0.6) is 0 Å². The van der Waals surface area contributed by atoms with Gasteiger partial charge < -0.3 is 18.5 Å². The maximum atomic E-state index is 12.8. The number of ether oxygens (including phenoxy) is 2. The third kappa shape index (κ3) is 5.36. The fraction of sp³-hybridized carbons (Fsp3) is 0.467. The Morgan fingerprint density at radius 1 is 0.963 bits per heavy atom. The van der Waals surface area contributed by atoms with E-state index in [0.29, 0.717) is 0 Å². The molecule has 0 aliphatic heterocycles. The summed E-state index contributed by atoms with van der Waals surface area (Å²) < 4.78 is 58.8. The fourth-order valence-electron chi connectivity index (χ4n) is 2.19. The number of sulfonamides is 1. The van der Waals surface area contributed by atoms with Crippen LogP contribution in [0.15, 0.2) is 29.2 Å². The molecule has 0 spiro atoms. The number of nitrogens with one attached hydrogen (secondary N) is 1. The van der Waals surface area contributed by atoms with E-state index >= 15 is 0 Å². The van der Waals surface area contributed by atoms with Crippen molar-refractivity contribution in [3.8, 4) is 0 Å². The maximum Gasteiger partial charge on any atom is 0.346 e. The molecule has 1 rings (SSSR count). The first-order valence-corrected chi connectivity index (χ1v) is 10.6. The average Bonchev–Trinajstić information content (AvgIpc) is 2.66. The largest absolute Gasteiger partial charge is 0.468 e. The van der Waals surface area contributed by atoms with Gasteiger partial charge in [0.25, 0.3) is 0 Å². The lowest BCUT2D eigenvalue weighted by atomic mass is 10.2. The summed E-state index contributed by atoms with van der Waals surface area (Å²) in [6, 6.07) is 3.81. The van der Waals surface area contributed by atoms with Crippen molar-refractivity contribution in [2.75, 3.05) is 28.4 Å². The highest BCUT2D eigenvalue weighted by Gasteiger charge is 2.51. The summed E-state index contributed by atoms with van der Waals surface area (Å²) in [7, 11) is -4.62. The summed E-state index contributed by atoms with van der Waals surface area (Å²) in [6.07, 6.45) is 0. The van der Waals surface area contributed by atoms with Gasteiger partial charge in [0.1, 0.15) is 6.04 Å². The Morgan fingerprint density at radius 2 is 1.44 bits per heavy atom. The smallest absolute Gasteiger partial charge is 0.346 e. The molecule has 0 heterocycles. The number of carbonyl (C=O) groups is 2. The minimum absolute atomic E-state index is 0.171. The van der Waals surface area contributed by atoms with Crippen molar-refractivity contribution >= 4 is 29.6 Å². The maximum absolute atomic E-state index is 12.8. The lowest BCUT2D eigenvalue weighted by Gasteiger charge is -2.28. The quantitative estimate of drug-likeness (QED) is 0.453. The van der Waals surface area contributed by atoms with Crippen molar-refractivity contribution in [1.29, 1.82) is 0 Å². The Labute approximate surface area is 157 Å². The Bertz CT molecular complexity index is 814. The molecule has 0 bridgehead atoms. The van der Waals surface area contributed by atoms with E-state index in [4.69, 9.17) is 9.05 Å². The molecule has 0 saturated carbocycles. The van der Waals surface area contributed by atoms with Gasteiger partial charge in [-0.3, -0.25) is 14.2 Å². The van der Waals surface area contributed by atoms with Crippen LogP contribution in [0.1, 0.15) is 5.56 Å². The Morgan fingerprint density at radius 3 is 1.85 bits per heavy atom. The number of carbonyl (C=O) groups excluding carboxylic acids is 2. The van der Waals surface area contributed by atoms with Crippen LogP contribution in [0.3, 0.4) is 0 Å². The number of benzene rings is 1. The molecule has 1 N–H and O–H groups in total. The summed E-state index contributed by atoms with van der Waals surface area (Å²) in [5, 5.41) is 0. The standard InChI is InChI=1S/C15H22NO9PS/c1-10-6-8-11(9-7-10)27(20,21)16-12(14(17)22-2)13(15(18)23-3)26(19,24-4)25-5/h6-9,12-13,16H,1-5H3. The van der Waals surface area contributed by atoms with Crippen LogP contribution in [0.2, 0.25) is 0 Å². The van der Waals surface area contributed by atoms with E-state index in [1.807, 2.05) is 4.72 Å². The van der Waals surface area contributed by atoms with Gasteiger partial charge in [0.15, 0.2) is 5.66 Å². The van der Waals surface area contributed by atoms with Gasteiger partial charge in [-0.1, -0.05) is 17.7 Å². The van der Waals surface area contributed by atoms with E-state index in [2.05, 4.69) is 9.47 Å². The molecule has 0 aromatic heterocycles. The Balaban J connectivity index is 3.45. The third-order valence-corrected chi connectivity index (χ3v) is 7.34. The minimum atomic E-state index is -4.29. The van der Waals surface area contributed by atoms with Crippen molar-refractivity contribution < 1.29 is 41.1 Å². The summed E-state index contributed by atoms with van der Waals surface area (Å²) in [5.41, 5.74) is -1.11. The third-order valence-electron chi connectivity index (χ3n) is 3.68. The van der Waals surface area contributed by atoms with Gasteiger partial charge in [0.05, 0.1) is 19.1 Å². The number of esters is 2. The number of aryl methyl sites for hydroxylation is 1. The van der Waals surface area contributed by atoms with Gasteiger partial charge in [-0.2, -0.15) is 4.72 Å². The molecule has 1 aromatic rings. The molecule has 0 radical (unpaired) electrons. The highest BCUT2D eigenvalue weighted by atomic mass is 32.2. The number of methoxy groups -OCH3 is 2. The molecule has 0 aliphatic carbocycles. The van der Waals surface area contributed by atoms with Crippen molar-refractivity contribution in [2.24, 2.45) is 0 Å². The van der Waals surface area contributed by atoms with E-state index in [1.54, 1.807) is 19.1 Å². The summed E-state index contributed by atoms with van der Waals surface area (Å²) in [6.45, 7) is 1.77. The van der Waals surface area contributed by atoms with Gasteiger partial charge in [0.2, 0.25) is 10.0 Å². The second-order valence-electron chi connectivity index (χ2n) is 5.31. The van der Waals surface area contributed by atoms with E-state index in [-0.39, 0.29) is 4.90 Å². The van der Waals surface area contributed by atoms with Crippen LogP contribution in [-0.2, 0) is 42.7 Å². The molecule has 27 heavy (non-hydrogen) atoms. The van der Waals surface area contributed by atoms with Crippen molar-refractivity contribution in [3.63, 3.8) is 0 Å². The highest BCUT2D eigenvalue weighted by Crippen LogP contribution is 2.53. The molecule has 10 nitrogen and oxygen atoms in total. The molecule has 2 unspecified atom stereocenters.